The van der Waals surface area contributed by atoms with Crippen molar-refractivity contribution in [2.75, 3.05) is 0 Å². The Kier molecular flexibility index (Phi) is 3.28. The maximum absolute atomic E-state index is 11.7. The van der Waals surface area contributed by atoms with Crippen molar-refractivity contribution in [1.82, 2.24) is 0 Å². The van der Waals surface area contributed by atoms with Gasteiger partial charge in [0.2, 0.25) is 0 Å². The summed E-state index contributed by atoms with van der Waals surface area (Å²) in [6, 6.07) is 8.13. The summed E-state index contributed by atoms with van der Waals surface area (Å²) < 4.78 is 0.395. The van der Waals surface area contributed by atoms with E-state index in [0.717, 1.165) is 11.5 Å². The van der Waals surface area contributed by atoms with Crippen LogP contribution in [0.3, 0.4) is 0 Å². The minimum absolute atomic E-state index is 0.151. The van der Waals surface area contributed by atoms with Crippen molar-refractivity contribution in [3.63, 3.8) is 0 Å². The molecule has 0 aromatic heterocycles. The number of hydrogen-bond donors (Lipinski definition) is 0. The molecule has 1 aromatic rings. The molecule has 1 aliphatic rings. The van der Waals surface area contributed by atoms with Crippen molar-refractivity contribution in [1.29, 1.82) is 0 Å². The second-order valence-electron chi connectivity index (χ2n) is 4.45. The third-order valence-corrected chi connectivity index (χ3v) is 5.32. The van der Waals surface area contributed by atoms with Gasteiger partial charge in [0.15, 0.2) is 0 Å². The zero-order chi connectivity index (χ0) is 10.8. The normalized spacial score (nSPS) is 19.7. The van der Waals surface area contributed by atoms with E-state index in [1.54, 1.807) is 0 Å². The molecule has 1 aromatic carbocycles. The third-order valence-electron chi connectivity index (χ3n) is 2.78. The first kappa shape index (κ1) is 10.9. The first-order chi connectivity index (χ1) is 7.18. The molecule has 0 aliphatic carbocycles. The van der Waals surface area contributed by atoms with Gasteiger partial charge in [0.25, 0.3) is 0 Å². The summed E-state index contributed by atoms with van der Waals surface area (Å²) in [5.41, 5.74) is 2.30. The standard InChI is InChI=1S/C13H16OSe/c1-9(2)7-8-12-10-5-3-4-6-11(10)13(14)15-12/h3-6,9,12H,7-8H2,1-2H3. The molecule has 0 radical (unpaired) electrons. The molecule has 2 heteroatoms. The molecule has 2 rings (SSSR count). The molecule has 0 saturated heterocycles. The van der Waals surface area contributed by atoms with Crippen LogP contribution in [0.2, 0.25) is 0 Å². The van der Waals surface area contributed by atoms with Gasteiger partial charge < -0.3 is 0 Å². The Hall–Kier alpha value is -0.591. The first-order valence-electron chi connectivity index (χ1n) is 5.48. The molecular formula is C13H16OSe. The van der Waals surface area contributed by atoms with Gasteiger partial charge in [-0.1, -0.05) is 0 Å². The van der Waals surface area contributed by atoms with Crippen molar-refractivity contribution in [2.24, 2.45) is 5.92 Å². The summed E-state index contributed by atoms with van der Waals surface area (Å²) in [5.74, 6) is 0.740. The summed E-state index contributed by atoms with van der Waals surface area (Å²) in [5, 5.41) is 0. The molecule has 1 unspecified atom stereocenters. The van der Waals surface area contributed by atoms with Crippen LogP contribution in [0.5, 0.6) is 0 Å². The zero-order valence-corrected chi connectivity index (χ0v) is 10.9. The Bertz CT molecular complexity index is 371. The van der Waals surface area contributed by atoms with Crippen molar-refractivity contribution in [3.05, 3.63) is 35.4 Å². The zero-order valence-electron chi connectivity index (χ0n) is 9.19. The van der Waals surface area contributed by atoms with Crippen LogP contribution in [0.4, 0.5) is 0 Å². The van der Waals surface area contributed by atoms with Crippen LogP contribution in [0.15, 0.2) is 24.3 Å². The van der Waals surface area contributed by atoms with E-state index < -0.39 is 0 Å². The Morgan fingerprint density at radius 2 is 2.07 bits per heavy atom. The molecule has 1 aliphatic heterocycles. The van der Waals surface area contributed by atoms with E-state index in [-0.39, 0.29) is 15.0 Å². The molecule has 1 heterocycles. The van der Waals surface area contributed by atoms with Gasteiger partial charge in [0.05, 0.1) is 0 Å². The van der Waals surface area contributed by atoms with Gasteiger partial charge in [-0.3, -0.25) is 0 Å². The third kappa shape index (κ3) is 2.32. The molecule has 0 N–H and O–H groups in total. The van der Waals surface area contributed by atoms with Gasteiger partial charge in [-0.2, -0.15) is 0 Å². The van der Waals surface area contributed by atoms with Crippen molar-refractivity contribution >= 4 is 19.6 Å². The molecule has 1 atom stereocenters. The monoisotopic (exact) mass is 268 g/mol. The van der Waals surface area contributed by atoms with Gasteiger partial charge in [0.1, 0.15) is 0 Å². The second-order valence-corrected chi connectivity index (χ2v) is 6.92. The van der Waals surface area contributed by atoms with Crippen LogP contribution < -0.4 is 0 Å². The number of hydrogen-bond acceptors (Lipinski definition) is 1. The molecule has 80 valence electrons. The Labute approximate surface area is 97.4 Å². The molecular weight excluding hydrogens is 251 g/mol. The first-order valence-corrected chi connectivity index (χ1v) is 7.33. The van der Waals surface area contributed by atoms with Gasteiger partial charge in [-0.25, -0.2) is 0 Å². The van der Waals surface area contributed by atoms with E-state index in [9.17, 15) is 4.79 Å². The van der Waals surface area contributed by atoms with Crippen molar-refractivity contribution in [3.8, 4) is 0 Å². The van der Waals surface area contributed by atoms with E-state index in [4.69, 9.17) is 0 Å². The molecule has 15 heavy (non-hydrogen) atoms. The fraction of sp³-hybridized carbons (Fsp3) is 0.462. The van der Waals surface area contributed by atoms with Crippen molar-refractivity contribution in [2.45, 2.75) is 31.5 Å². The SMILES string of the molecule is CC(C)CCC1[Se]C(=O)c2ccccc21. The number of carbonyl (C=O) groups is 1. The molecule has 0 bridgehead atoms. The molecule has 0 saturated carbocycles. The topological polar surface area (TPSA) is 17.1 Å². The summed E-state index contributed by atoms with van der Waals surface area (Å²) in [6.07, 6.45) is 2.41. The van der Waals surface area contributed by atoms with E-state index >= 15 is 0 Å². The predicted octanol–water partition coefficient (Wildman–Crippen LogP) is 3.02. The van der Waals surface area contributed by atoms with Crippen LogP contribution in [-0.4, -0.2) is 19.6 Å². The van der Waals surface area contributed by atoms with E-state index in [2.05, 4.69) is 26.0 Å². The Morgan fingerprint density at radius 3 is 2.80 bits per heavy atom. The van der Waals surface area contributed by atoms with E-state index in [0.29, 0.717) is 9.50 Å². The maximum atomic E-state index is 11.7. The summed E-state index contributed by atoms with van der Waals surface area (Å²) in [7, 11) is 0. The number of carbonyl (C=O) groups excluding carboxylic acids is 1. The number of rotatable bonds is 3. The molecule has 0 fully saturated rings. The van der Waals surface area contributed by atoms with Crippen LogP contribution in [0.25, 0.3) is 0 Å². The fourth-order valence-electron chi connectivity index (χ4n) is 1.92. The second kappa shape index (κ2) is 4.51. The van der Waals surface area contributed by atoms with Gasteiger partial charge in [0, 0.05) is 0 Å². The van der Waals surface area contributed by atoms with Gasteiger partial charge in [-0.15, -0.1) is 0 Å². The van der Waals surface area contributed by atoms with Gasteiger partial charge in [-0.05, 0) is 0 Å². The van der Waals surface area contributed by atoms with Crippen LogP contribution in [0.1, 0.15) is 47.4 Å². The van der Waals surface area contributed by atoms with Crippen LogP contribution in [-0.2, 0) is 0 Å². The molecule has 1 nitrogen and oxygen atoms in total. The summed E-state index contributed by atoms with van der Waals surface area (Å²) in [4.78, 5) is 12.3. The summed E-state index contributed by atoms with van der Waals surface area (Å²) >= 11 is 0.151. The van der Waals surface area contributed by atoms with Crippen molar-refractivity contribution < 1.29 is 4.79 Å². The number of benzene rings is 1. The quantitative estimate of drug-likeness (QED) is 0.769. The fourth-order valence-corrected chi connectivity index (χ4v) is 4.35. The van der Waals surface area contributed by atoms with Crippen LogP contribution in [0, 0.1) is 5.92 Å². The number of fused-ring (bicyclic) bond motifs is 1. The molecule has 0 spiro atoms. The Morgan fingerprint density at radius 1 is 1.33 bits per heavy atom. The average Bonchev–Trinajstić information content (AvgIpc) is 2.54. The Balaban J connectivity index is 2.14. The summed E-state index contributed by atoms with van der Waals surface area (Å²) in [6.45, 7) is 4.49. The van der Waals surface area contributed by atoms with Gasteiger partial charge >= 0.3 is 97.2 Å². The average molecular weight is 267 g/mol. The molecule has 0 amide bonds. The minimum atomic E-state index is 0.151. The van der Waals surface area contributed by atoms with Crippen LogP contribution >= 0.6 is 0 Å². The predicted molar refractivity (Wildman–Crippen MR) is 63.3 cm³/mol. The van der Waals surface area contributed by atoms with E-state index in [1.807, 2.05) is 12.1 Å². The van der Waals surface area contributed by atoms with E-state index in [1.165, 1.54) is 18.4 Å².